The van der Waals surface area contributed by atoms with Crippen molar-refractivity contribution in [3.63, 3.8) is 0 Å². The molecule has 1 amide bonds. The van der Waals surface area contributed by atoms with Gasteiger partial charge in [-0.05, 0) is 30.7 Å². The zero-order chi connectivity index (χ0) is 20.1. The van der Waals surface area contributed by atoms with Crippen molar-refractivity contribution in [2.45, 2.75) is 18.7 Å². The molecule has 1 aromatic heterocycles. The molecule has 28 heavy (non-hydrogen) atoms. The van der Waals surface area contributed by atoms with E-state index in [1.165, 1.54) is 24.9 Å². The SMILES string of the molecule is COc1ccc(CSCC(=O)NC(C)c2cc3ccccc3o2)cc1[N+](=O)[O-]. The molecule has 0 aliphatic rings. The first-order valence-electron chi connectivity index (χ1n) is 8.65. The fraction of sp³-hybridized carbons (Fsp3) is 0.250. The van der Waals surface area contributed by atoms with E-state index < -0.39 is 4.92 Å². The number of hydrogen-bond acceptors (Lipinski definition) is 6. The average molecular weight is 400 g/mol. The Bertz CT molecular complexity index is 968. The van der Waals surface area contributed by atoms with Crippen molar-refractivity contribution < 1.29 is 18.9 Å². The number of furan rings is 1. The van der Waals surface area contributed by atoms with Crippen molar-refractivity contribution in [3.8, 4) is 5.75 Å². The summed E-state index contributed by atoms with van der Waals surface area (Å²) in [6.45, 7) is 1.87. The molecule has 1 atom stereocenters. The number of ether oxygens (including phenoxy) is 1. The third-order valence-corrected chi connectivity index (χ3v) is 5.19. The Morgan fingerprint density at radius 2 is 2.07 bits per heavy atom. The Morgan fingerprint density at radius 3 is 2.79 bits per heavy atom. The van der Waals surface area contributed by atoms with Crippen LogP contribution >= 0.6 is 11.8 Å². The van der Waals surface area contributed by atoms with Crippen molar-refractivity contribution in [1.82, 2.24) is 5.32 Å². The van der Waals surface area contributed by atoms with Gasteiger partial charge in [-0.1, -0.05) is 24.3 Å². The zero-order valence-corrected chi connectivity index (χ0v) is 16.3. The molecule has 146 valence electrons. The van der Waals surface area contributed by atoms with Crippen LogP contribution < -0.4 is 10.1 Å². The van der Waals surface area contributed by atoms with Crippen molar-refractivity contribution in [1.29, 1.82) is 0 Å². The lowest BCUT2D eigenvalue weighted by Gasteiger charge is -2.11. The van der Waals surface area contributed by atoms with Gasteiger partial charge in [-0.25, -0.2) is 0 Å². The standard InChI is InChI=1S/C20H20N2O5S/c1-13(19-10-15-5-3-4-6-17(15)27-19)21-20(23)12-28-11-14-7-8-18(26-2)16(9-14)22(24)25/h3-10,13H,11-12H2,1-2H3,(H,21,23). The van der Waals surface area contributed by atoms with Gasteiger partial charge >= 0.3 is 5.69 Å². The third-order valence-electron chi connectivity index (χ3n) is 4.19. The maximum absolute atomic E-state index is 12.2. The molecule has 0 bridgehead atoms. The van der Waals surface area contributed by atoms with Gasteiger partial charge in [0.2, 0.25) is 5.91 Å². The number of nitro groups is 1. The van der Waals surface area contributed by atoms with E-state index in [0.29, 0.717) is 11.5 Å². The molecule has 3 aromatic rings. The molecule has 0 fully saturated rings. The number of nitrogens with zero attached hydrogens (tertiary/aromatic N) is 1. The normalized spacial score (nSPS) is 11.9. The molecule has 7 nitrogen and oxygen atoms in total. The number of hydrogen-bond donors (Lipinski definition) is 1. The minimum absolute atomic E-state index is 0.0800. The summed E-state index contributed by atoms with van der Waals surface area (Å²) in [5, 5.41) is 15.0. The second-order valence-corrected chi connectivity index (χ2v) is 7.22. The molecule has 0 spiro atoms. The lowest BCUT2D eigenvalue weighted by Crippen LogP contribution is -2.27. The van der Waals surface area contributed by atoms with Crippen LogP contribution in [0.25, 0.3) is 11.0 Å². The van der Waals surface area contributed by atoms with Gasteiger partial charge < -0.3 is 14.5 Å². The number of carbonyl (C=O) groups excluding carboxylic acids is 1. The van der Waals surface area contributed by atoms with Gasteiger partial charge in [0.1, 0.15) is 11.3 Å². The number of nitrogens with one attached hydrogen (secondary N) is 1. The number of amides is 1. The van der Waals surface area contributed by atoms with Crippen molar-refractivity contribution >= 4 is 34.3 Å². The van der Waals surface area contributed by atoms with Gasteiger partial charge in [0.15, 0.2) is 5.75 Å². The summed E-state index contributed by atoms with van der Waals surface area (Å²) in [5.41, 5.74) is 1.47. The van der Waals surface area contributed by atoms with E-state index in [1.54, 1.807) is 12.1 Å². The number of rotatable bonds is 8. The molecule has 0 aliphatic carbocycles. The Balaban J connectivity index is 1.53. The predicted octanol–water partition coefficient (Wildman–Crippen LogP) is 4.46. The fourth-order valence-electron chi connectivity index (χ4n) is 2.80. The number of benzene rings is 2. The monoisotopic (exact) mass is 400 g/mol. The summed E-state index contributed by atoms with van der Waals surface area (Å²) in [6.07, 6.45) is 0. The van der Waals surface area contributed by atoms with Gasteiger partial charge in [0, 0.05) is 17.2 Å². The highest BCUT2D eigenvalue weighted by atomic mass is 32.2. The highest BCUT2D eigenvalue weighted by Gasteiger charge is 2.16. The second-order valence-electron chi connectivity index (χ2n) is 6.23. The summed E-state index contributed by atoms with van der Waals surface area (Å²) in [6, 6.07) is 14.2. The first-order chi connectivity index (χ1) is 13.5. The minimum Gasteiger partial charge on any atom is -0.490 e. The van der Waals surface area contributed by atoms with Crippen LogP contribution in [0.15, 0.2) is 52.9 Å². The summed E-state index contributed by atoms with van der Waals surface area (Å²) < 4.78 is 10.8. The topological polar surface area (TPSA) is 94.6 Å². The molecule has 2 aromatic carbocycles. The number of nitro benzene ring substituents is 1. The number of thioether (sulfide) groups is 1. The molecule has 1 heterocycles. The summed E-state index contributed by atoms with van der Waals surface area (Å²) in [5.74, 6) is 1.52. The number of methoxy groups -OCH3 is 1. The van der Waals surface area contributed by atoms with Gasteiger partial charge in [-0.15, -0.1) is 11.8 Å². The van der Waals surface area contributed by atoms with E-state index in [-0.39, 0.29) is 29.1 Å². The van der Waals surface area contributed by atoms with E-state index in [2.05, 4.69) is 5.32 Å². The minimum atomic E-state index is -0.477. The van der Waals surface area contributed by atoms with Gasteiger partial charge in [0.25, 0.3) is 0 Å². The van der Waals surface area contributed by atoms with Gasteiger partial charge in [-0.3, -0.25) is 14.9 Å². The third kappa shape index (κ3) is 4.64. The van der Waals surface area contributed by atoms with Crippen LogP contribution in [0.1, 0.15) is 24.3 Å². The molecular weight excluding hydrogens is 380 g/mol. The Morgan fingerprint density at radius 1 is 1.29 bits per heavy atom. The van der Waals surface area contributed by atoms with E-state index in [0.717, 1.165) is 16.5 Å². The molecule has 0 aliphatic heterocycles. The molecule has 1 N–H and O–H groups in total. The lowest BCUT2D eigenvalue weighted by atomic mass is 10.2. The summed E-state index contributed by atoms with van der Waals surface area (Å²) in [7, 11) is 1.39. The smallest absolute Gasteiger partial charge is 0.311 e. The highest BCUT2D eigenvalue weighted by Crippen LogP contribution is 2.29. The Hall–Kier alpha value is -3.00. The molecule has 0 saturated heterocycles. The van der Waals surface area contributed by atoms with Crippen molar-refractivity contribution in [3.05, 3.63) is 70.0 Å². The number of carbonyl (C=O) groups is 1. The van der Waals surface area contributed by atoms with Crippen LogP contribution in [0.2, 0.25) is 0 Å². The van der Waals surface area contributed by atoms with Crippen LogP contribution in [0.5, 0.6) is 5.75 Å². The van der Waals surface area contributed by atoms with Crippen LogP contribution in [-0.4, -0.2) is 23.7 Å². The van der Waals surface area contributed by atoms with E-state index in [1.807, 2.05) is 37.3 Å². The number of fused-ring (bicyclic) bond motifs is 1. The molecule has 1 unspecified atom stereocenters. The maximum Gasteiger partial charge on any atom is 0.311 e. The van der Waals surface area contributed by atoms with Crippen molar-refractivity contribution in [2.75, 3.05) is 12.9 Å². The second kappa shape index (κ2) is 8.79. The van der Waals surface area contributed by atoms with Crippen LogP contribution in [-0.2, 0) is 10.5 Å². The summed E-state index contributed by atoms with van der Waals surface area (Å²) in [4.78, 5) is 22.8. The Kier molecular flexibility index (Phi) is 6.20. The van der Waals surface area contributed by atoms with Crippen LogP contribution in [0.4, 0.5) is 5.69 Å². The predicted molar refractivity (Wildman–Crippen MR) is 109 cm³/mol. The van der Waals surface area contributed by atoms with Gasteiger partial charge in [-0.2, -0.15) is 0 Å². The molecular formula is C20H20N2O5S. The quantitative estimate of drug-likeness (QED) is 0.443. The van der Waals surface area contributed by atoms with Crippen molar-refractivity contribution in [2.24, 2.45) is 0 Å². The van der Waals surface area contributed by atoms with E-state index in [9.17, 15) is 14.9 Å². The fourth-order valence-corrected chi connectivity index (χ4v) is 3.59. The summed E-state index contributed by atoms with van der Waals surface area (Å²) >= 11 is 1.38. The molecule has 0 saturated carbocycles. The number of para-hydroxylation sites is 1. The zero-order valence-electron chi connectivity index (χ0n) is 15.5. The first-order valence-corrected chi connectivity index (χ1v) is 9.80. The van der Waals surface area contributed by atoms with E-state index in [4.69, 9.17) is 9.15 Å². The van der Waals surface area contributed by atoms with E-state index >= 15 is 0 Å². The average Bonchev–Trinajstić information content (AvgIpc) is 3.12. The first kappa shape index (κ1) is 19.8. The highest BCUT2D eigenvalue weighted by molar-refractivity contribution is 7.99. The Labute approximate surface area is 166 Å². The largest absolute Gasteiger partial charge is 0.490 e. The molecule has 8 heteroatoms. The van der Waals surface area contributed by atoms with Crippen LogP contribution in [0.3, 0.4) is 0 Å². The van der Waals surface area contributed by atoms with Gasteiger partial charge in [0.05, 0.1) is 23.8 Å². The van der Waals surface area contributed by atoms with Crippen LogP contribution in [0, 0.1) is 10.1 Å². The maximum atomic E-state index is 12.2. The molecule has 0 radical (unpaired) electrons. The lowest BCUT2D eigenvalue weighted by molar-refractivity contribution is -0.385. The molecule has 3 rings (SSSR count).